The van der Waals surface area contributed by atoms with Crippen molar-refractivity contribution in [1.82, 2.24) is 10.1 Å². The van der Waals surface area contributed by atoms with E-state index in [-0.39, 0.29) is 17.9 Å². The highest BCUT2D eigenvalue weighted by molar-refractivity contribution is 7.99. The molecule has 2 heterocycles. The Labute approximate surface area is 225 Å². The predicted molar refractivity (Wildman–Crippen MR) is 147 cm³/mol. The van der Waals surface area contributed by atoms with Crippen molar-refractivity contribution < 1.29 is 19.0 Å². The largest absolute Gasteiger partial charge is 0.493 e. The Bertz CT molecular complexity index is 1520. The molecule has 38 heavy (non-hydrogen) atoms. The number of carbonyl (C=O) groups excluding carboxylic acids is 1. The van der Waals surface area contributed by atoms with Crippen molar-refractivity contribution in [1.29, 1.82) is 0 Å². The number of H-pyrrole nitrogens is 1. The van der Waals surface area contributed by atoms with Gasteiger partial charge in [-0.1, -0.05) is 74.1 Å². The van der Waals surface area contributed by atoms with Gasteiger partial charge in [-0.15, -0.1) is 0 Å². The smallest absolute Gasteiger partial charge is 0.325 e. The molecule has 9 heteroatoms. The Morgan fingerprint density at radius 3 is 2.55 bits per heavy atom. The summed E-state index contributed by atoms with van der Waals surface area (Å²) < 4.78 is 13.7. The molecule has 194 valence electrons. The molecular weight excluding hydrogens is 500 g/mol. The van der Waals surface area contributed by atoms with E-state index in [1.165, 1.54) is 11.8 Å². The normalized spacial score (nSPS) is 14.0. The molecule has 1 amide bonds. The second kappa shape index (κ2) is 11.1. The summed E-state index contributed by atoms with van der Waals surface area (Å²) in [6, 6.07) is 22.8. The van der Waals surface area contributed by atoms with E-state index in [9.17, 15) is 9.59 Å². The zero-order valence-electron chi connectivity index (χ0n) is 21.5. The minimum absolute atomic E-state index is 0.107. The quantitative estimate of drug-likeness (QED) is 0.262. The number of nitrogens with zero attached hydrogens (tertiary/aromatic N) is 3. The summed E-state index contributed by atoms with van der Waals surface area (Å²) >= 11 is 1.43. The first-order valence-corrected chi connectivity index (χ1v) is 13.5. The minimum atomic E-state index is -0.772. The molecule has 1 N–H and O–H groups in total. The number of para-hydroxylation sites is 2. The molecule has 4 aromatic rings. The molecule has 0 radical (unpaired) electrons. The Kier molecular flexibility index (Phi) is 7.46. The lowest BCUT2D eigenvalue weighted by Gasteiger charge is -2.32. The van der Waals surface area contributed by atoms with Crippen LogP contribution in [0.3, 0.4) is 0 Å². The summed E-state index contributed by atoms with van der Waals surface area (Å²) in [5, 5.41) is 5.31. The molecule has 8 nitrogen and oxygen atoms in total. The SMILES string of the molecule is CCSc1n[n+]2c(c(=O)[nH]1)-c1ccccc1N(C(=O)CC)[C@@H]2c1cccc(OC)c1OCc1ccccc1. The number of hydrogen-bond donors (Lipinski definition) is 1. The van der Waals surface area contributed by atoms with Crippen LogP contribution in [0.15, 0.2) is 82.7 Å². The zero-order chi connectivity index (χ0) is 26.6. The number of carbonyl (C=O) groups is 1. The Morgan fingerprint density at radius 1 is 1.05 bits per heavy atom. The molecule has 0 bridgehead atoms. The highest BCUT2D eigenvalue weighted by Gasteiger charge is 2.47. The molecule has 1 atom stereocenters. The van der Waals surface area contributed by atoms with Crippen molar-refractivity contribution >= 4 is 23.4 Å². The van der Waals surface area contributed by atoms with E-state index in [2.05, 4.69) is 4.98 Å². The molecule has 0 unspecified atom stereocenters. The average Bonchev–Trinajstić information content (AvgIpc) is 2.95. The van der Waals surface area contributed by atoms with Gasteiger partial charge in [0.15, 0.2) is 11.5 Å². The van der Waals surface area contributed by atoms with Crippen molar-refractivity contribution in [2.75, 3.05) is 17.8 Å². The number of nitrogens with one attached hydrogen (secondary N) is 1. The number of hydrogen-bond acceptors (Lipinski definition) is 6. The fraction of sp³-hybridized carbons (Fsp3) is 0.241. The maximum atomic E-state index is 13.6. The van der Waals surface area contributed by atoms with Gasteiger partial charge in [0.05, 0.1) is 23.9 Å². The molecular formula is C29H29N4O4S+. The fourth-order valence-electron chi connectivity index (χ4n) is 4.68. The highest BCUT2D eigenvalue weighted by Crippen LogP contribution is 2.42. The fourth-order valence-corrected chi connectivity index (χ4v) is 5.26. The average molecular weight is 530 g/mol. The van der Waals surface area contributed by atoms with Gasteiger partial charge >= 0.3 is 11.3 Å². The van der Waals surface area contributed by atoms with Crippen LogP contribution in [0.1, 0.15) is 37.6 Å². The van der Waals surface area contributed by atoms with Crippen molar-refractivity contribution in [2.24, 2.45) is 0 Å². The number of aromatic amines is 1. The van der Waals surface area contributed by atoms with Gasteiger partial charge < -0.3 is 9.47 Å². The van der Waals surface area contributed by atoms with Crippen molar-refractivity contribution in [3.05, 3.63) is 94.3 Å². The summed E-state index contributed by atoms with van der Waals surface area (Å²) in [5.41, 5.74) is 3.04. The van der Waals surface area contributed by atoms with Crippen LogP contribution in [0.5, 0.6) is 11.5 Å². The minimum Gasteiger partial charge on any atom is -0.493 e. The van der Waals surface area contributed by atoms with E-state index >= 15 is 0 Å². The zero-order valence-corrected chi connectivity index (χ0v) is 22.3. The van der Waals surface area contributed by atoms with Crippen molar-refractivity contribution in [2.45, 2.75) is 38.2 Å². The third-order valence-electron chi connectivity index (χ3n) is 6.34. The number of fused-ring (bicyclic) bond motifs is 3. The van der Waals surface area contributed by atoms with Crippen LogP contribution >= 0.6 is 11.8 Å². The van der Waals surface area contributed by atoms with Crippen LogP contribution in [0.4, 0.5) is 5.69 Å². The summed E-state index contributed by atoms with van der Waals surface area (Å²) in [6.07, 6.45) is -0.503. The van der Waals surface area contributed by atoms with Crippen LogP contribution in [-0.2, 0) is 11.4 Å². The first-order chi connectivity index (χ1) is 18.6. The topological polar surface area (TPSA) is 88.4 Å². The van der Waals surface area contributed by atoms with Gasteiger partial charge in [0, 0.05) is 11.5 Å². The van der Waals surface area contributed by atoms with Crippen LogP contribution in [0.25, 0.3) is 11.3 Å². The summed E-state index contributed by atoms with van der Waals surface area (Å²) in [5.74, 6) is 1.63. The second-order valence-electron chi connectivity index (χ2n) is 8.65. The van der Waals surface area contributed by atoms with Crippen LogP contribution in [-0.4, -0.2) is 28.9 Å². The molecule has 0 spiro atoms. The lowest BCUT2D eigenvalue weighted by atomic mass is 10.00. The van der Waals surface area contributed by atoms with Gasteiger partial charge in [-0.2, -0.15) is 0 Å². The Balaban J connectivity index is 1.76. The number of anilines is 1. The van der Waals surface area contributed by atoms with Crippen molar-refractivity contribution in [3.8, 4) is 22.8 Å². The van der Waals surface area contributed by atoms with Gasteiger partial charge in [-0.05, 0) is 40.3 Å². The van der Waals surface area contributed by atoms with Gasteiger partial charge in [0.2, 0.25) is 11.1 Å². The predicted octanol–water partition coefficient (Wildman–Crippen LogP) is 4.73. The molecule has 3 aromatic carbocycles. The number of amides is 1. The summed E-state index contributed by atoms with van der Waals surface area (Å²) in [7, 11) is 1.58. The highest BCUT2D eigenvalue weighted by atomic mass is 32.2. The number of ether oxygens (including phenoxy) is 2. The maximum Gasteiger partial charge on any atom is 0.325 e. The number of methoxy groups -OCH3 is 1. The monoisotopic (exact) mass is 529 g/mol. The third-order valence-corrected chi connectivity index (χ3v) is 7.09. The molecule has 1 aromatic heterocycles. The van der Waals surface area contributed by atoms with Gasteiger partial charge in [0.1, 0.15) is 6.61 Å². The van der Waals surface area contributed by atoms with Crippen molar-refractivity contribution in [3.63, 3.8) is 0 Å². The number of rotatable bonds is 8. The van der Waals surface area contributed by atoms with Gasteiger partial charge in [-0.3, -0.25) is 14.6 Å². The number of thioether (sulfide) groups is 1. The lowest BCUT2D eigenvalue weighted by Crippen LogP contribution is -2.61. The molecule has 0 aliphatic carbocycles. The van der Waals surface area contributed by atoms with Gasteiger partial charge in [0.25, 0.3) is 6.17 Å². The molecule has 1 aliphatic rings. The summed E-state index contributed by atoms with van der Waals surface area (Å²) in [6.45, 7) is 4.12. The van der Waals surface area contributed by atoms with E-state index < -0.39 is 6.17 Å². The van der Waals surface area contributed by atoms with E-state index in [0.29, 0.717) is 45.8 Å². The molecule has 5 rings (SSSR count). The number of benzene rings is 3. The molecule has 0 fully saturated rings. The van der Waals surface area contributed by atoms with E-state index in [1.807, 2.05) is 86.6 Å². The molecule has 0 saturated heterocycles. The van der Waals surface area contributed by atoms with Gasteiger partial charge in [-0.25, -0.2) is 4.90 Å². The van der Waals surface area contributed by atoms with E-state index in [1.54, 1.807) is 16.7 Å². The third kappa shape index (κ3) is 4.65. The summed E-state index contributed by atoms with van der Waals surface area (Å²) in [4.78, 5) is 31.7. The van der Waals surface area contributed by atoms with Crippen LogP contribution in [0.2, 0.25) is 0 Å². The first-order valence-electron chi connectivity index (χ1n) is 12.5. The number of aromatic nitrogens is 3. The molecule has 1 aliphatic heterocycles. The van der Waals surface area contributed by atoms with E-state index in [0.717, 1.165) is 11.3 Å². The van der Waals surface area contributed by atoms with E-state index in [4.69, 9.17) is 14.6 Å². The Morgan fingerprint density at radius 2 is 1.82 bits per heavy atom. The second-order valence-corrected chi connectivity index (χ2v) is 9.90. The van der Waals surface area contributed by atoms with Crippen LogP contribution in [0, 0.1) is 0 Å². The Hall–Kier alpha value is -4.11. The van der Waals surface area contributed by atoms with Crippen LogP contribution < -0.4 is 24.6 Å². The maximum absolute atomic E-state index is 13.6. The first kappa shape index (κ1) is 25.5. The molecule has 0 saturated carbocycles. The lowest BCUT2D eigenvalue weighted by molar-refractivity contribution is -0.763. The standard InChI is InChI=1S/C29H28N4O4S/c1-4-24(34)32-22-16-10-9-14-20(22)25-27(35)30-29(38-5-2)31-33(25)28(32)21-15-11-17-23(36-3)26(21)37-18-19-12-7-6-8-13-19/h6-17,28H,4-5,18H2,1-3H3/p+1/t28-/m0/s1.